The van der Waals surface area contributed by atoms with Crippen molar-refractivity contribution in [3.63, 3.8) is 0 Å². The third-order valence-corrected chi connectivity index (χ3v) is 6.61. The van der Waals surface area contributed by atoms with E-state index in [9.17, 15) is 21.6 Å². The SMILES string of the molecule is CC(=O)Nc1cccc2c1CCN(c1ccc(S(N)(=O)=O)cc1S(C)(=O)=O)C2. The van der Waals surface area contributed by atoms with Gasteiger partial charge in [-0.1, -0.05) is 12.1 Å². The number of carbonyl (C=O) groups excluding carboxylic acids is 1. The summed E-state index contributed by atoms with van der Waals surface area (Å²) in [5.41, 5.74) is 3.14. The number of nitrogens with one attached hydrogen (secondary N) is 1. The van der Waals surface area contributed by atoms with Crippen LogP contribution in [-0.4, -0.2) is 35.5 Å². The summed E-state index contributed by atoms with van der Waals surface area (Å²) in [6.45, 7) is 2.39. The Balaban J connectivity index is 2.04. The average Bonchev–Trinajstić information content (AvgIpc) is 2.59. The van der Waals surface area contributed by atoms with Crippen molar-refractivity contribution < 1.29 is 21.6 Å². The van der Waals surface area contributed by atoms with E-state index in [1.165, 1.54) is 19.1 Å². The zero-order chi connectivity index (χ0) is 20.7. The molecule has 150 valence electrons. The molecular weight excluding hydrogens is 402 g/mol. The Kier molecular flexibility index (Phi) is 5.22. The number of primary sulfonamides is 1. The van der Waals surface area contributed by atoms with Crippen molar-refractivity contribution in [2.75, 3.05) is 23.0 Å². The molecule has 3 rings (SSSR count). The highest BCUT2D eigenvalue weighted by molar-refractivity contribution is 7.91. The lowest BCUT2D eigenvalue weighted by Crippen LogP contribution is -2.32. The maximum Gasteiger partial charge on any atom is 0.238 e. The van der Waals surface area contributed by atoms with Crippen molar-refractivity contribution in [3.05, 3.63) is 47.5 Å². The second kappa shape index (κ2) is 7.19. The third-order valence-electron chi connectivity index (χ3n) is 4.58. The number of benzene rings is 2. The molecule has 1 heterocycles. The minimum absolute atomic E-state index is 0.0829. The van der Waals surface area contributed by atoms with Gasteiger partial charge in [0.25, 0.3) is 0 Å². The number of fused-ring (bicyclic) bond motifs is 1. The van der Waals surface area contributed by atoms with E-state index >= 15 is 0 Å². The van der Waals surface area contributed by atoms with Crippen LogP contribution in [0.25, 0.3) is 0 Å². The van der Waals surface area contributed by atoms with Gasteiger partial charge >= 0.3 is 0 Å². The molecule has 0 spiro atoms. The Bertz CT molecular complexity index is 1160. The van der Waals surface area contributed by atoms with Gasteiger partial charge in [-0.2, -0.15) is 0 Å². The lowest BCUT2D eigenvalue weighted by molar-refractivity contribution is -0.114. The number of sulfonamides is 1. The first-order chi connectivity index (χ1) is 13.0. The Morgan fingerprint density at radius 2 is 1.86 bits per heavy atom. The lowest BCUT2D eigenvalue weighted by Gasteiger charge is -2.33. The van der Waals surface area contributed by atoms with Gasteiger partial charge in [-0.25, -0.2) is 22.0 Å². The van der Waals surface area contributed by atoms with Gasteiger partial charge < -0.3 is 10.2 Å². The van der Waals surface area contributed by atoms with Gasteiger partial charge in [-0.3, -0.25) is 4.79 Å². The number of nitrogens with two attached hydrogens (primary N) is 1. The van der Waals surface area contributed by atoms with Crippen LogP contribution in [0.3, 0.4) is 0 Å². The molecule has 1 amide bonds. The van der Waals surface area contributed by atoms with Crippen molar-refractivity contribution in [2.24, 2.45) is 5.14 Å². The predicted octanol–water partition coefficient (Wildman–Crippen LogP) is 1.26. The summed E-state index contributed by atoms with van der Waals surface area (Å²) >= 11 is 0. The van der Waals surface area contributed by atoms with Gasteiger partial charge in [0.1, 0.15) is 0 Å². The molecule has 0 aromatic heterocycles. The normalized spacial score (nSPS) is 14.5. The van der Waals surface area contributed by atoms with E-state index in [0.717, 1.165) is 29.1 Å². The van der Waals surface area contributed by atoms with Crippen LogP contribution in [0, 0.1) is 0 Å². The Morgan fingerprint density at radius 3 is 2.46 bits per heavy atom. The summed E-state index contributed by atoms with van der Waals surface area (Å²) in [4.78, 5) is 13.0. The van der Waals surface area contributed by atoms with E-state index in [2.05, 4.69) is 5.32 Å². The first-order valence-electron chi connectivity index (χ1n) is 8.47. The molecule has 2 aromatic rings. The highest BCUT2D eigenvalue weighted by atomic mass is 32.2. The predicted molar refractivity (Wildman–Crippen MR) is 106 cm³/mol. The van der Waals surface area contributed by atoms with Crippen molar-refractivity contribution in [3.8, 4) is 0 Å². The van der Waals surface area contributed by atoms with Gasteiger partial charge in [0.05, 0.1) is 15.5 Å². The summed E-state index contributed by atoms with van der Waals surface area (Å²) in [7, 11) is -7.71. The monoisotopic (exact) mass is 423 g/mol. The maximum absolute atomic E-state index is 12.3. The van der Waals surface area contributed by atoms with Crippen LogP contribution in [0.2, 0.25) is 0 Å². The topological polar surface area (TPSA) is 127 Å². The molecule has 8 nitrogen and oxygen atoms in total. The first-order valence-corrected chi connectivity index (χ1v) is 11.9. The van der Waals surface area contributed by atoms with E-state index < -0.39 is 19.9 Å². The third kappa shape index (κ3) is 4.18. The fourth-order valence-corrected chi connectivity index (χ4v) is 4.88. The van der Waals surface area contributed by atoms with Gasteiger partial charge in [0, 0.05) is 32.0 Å². The second-order valence-electron chi connectivity index (χ2n) is 6.74. The number of amides is 1. The highest BCUT2D eigenvalue weighted by Crippen LogP contribution is 2.33. The Labute approximate surface area is 164 Å². The minimum atomic E-state index is -4.02. The average molecular weight is 424 g/mol. The van der Waals surface area contributed by atoms with Gasteiger partial charge in [0.15, 0.2) is 9.84 Å². The van der Waals surface area contributed by atoms with Crippen LogP contribution in [0.5, 0.6) is 0 Å². The van der Waals surface area contributed by atoms with Crippen LogP contribution < -0.4 is 15.4 Å². The Hall–Kier alpha value is -2.43. The molecule has 0 fully saturated rings. The van der Waals surface area contributed by atoms with E-state index in [1.807, 2.05) is 23.1 Å². The van der Waals surface area contributed by atoms with Crippen molar-refractivity contribution in [1.82, 2.24) is 0 Å². The zero-order valence-corrected chi connectivity index (χ0v) is 17.1. The van der Waals surface area contributed by atoms with Crippen molar-refractivity contribution in [2.45, 2.75) is 29.7 Å². The second-order valence-corrected chi connectivity index (χ2v) is 10.3. The van der Waals surface area contributed by atoms with Gasteiger partial charge in [0.2, 0.25) is 15.9 Å². The summed E-state index contributed by atoms with van der Waals surface area (Å²) in [6, 6.07) is 9.46. The largest absolute Gasteiger partial charge is 0.366 e. The Morgan fingerprint density at radius 1 is 1.14 bits per heavy atom. The number of hydrogen-bond donors (Lipinski definition) is 2. The molecule has 0 aliphatic carbocycles. The smallest absolute Gasteiger partial charge is 0.238 e. The molecule has 0 unspecified atom stereocenters. The van der Waals surface area contributed by atoms with Crippen LogP contribution in [0.15, 0.2) is 46.2 Å². The van der Waals surface area contributed by atoms with Crippen molar-refractivity contribution in [1.29, 1.82) is 0 Å². The van der Waals surface area contributed by atoms with Crippen LogP contribution in [0.1, 0.15) is 18.1 Å². The lowest BCUT2D eigenvalue weighted by atomic mass is 9.97. The minimum Gasteiger partial charge on any atom is -0.366 e. The van der Waals surface area contributed by atoms with E-state index in [1.54, 1.807) is 0 Å². The number of rotatable bonds is 4. The molecule has 0 saturated carbocycles. The molecule has 1 aliphatic heterocycles. The van der Waals surface area contributed by atoms with Crippen LogP contribution in [0.4, 0.5) is 11.4 Å². The molecule has 1 aliphatic rings. The van der Waals surface area contributed by atoms with Crippen LogP contribution in [-0.2, 0) is 37.6 Å². The highest BCUT2D eigenvalue weighted by Gasteiger charge is 2.25. The van der Waals surface area contributed by atoms with E-state index in [4.69, 9.17) is 5.14 Å². The standard InChI is InChI=1S/C18H21N3O5S2/c1-12(22)20-16-5-3-4-13-11-21(9-8-15(13)16)17-7-6-14(28(19,25)26)10-18(17)27(2,23)24/h3-7,10H,8-9,11H2,1-2H3,(H,20,22)(H2,19,25,26). The molecule has 0 radical (unpaired) electrons. The number of nitrogens with zero attached hydrogens (tertiary/aromatic N) is 1. The molecule has 0 atom stereocenters. The molecule has 0 saturated heterocycles. The summed E-state index contributed by atoms with van der Waals surface area (Å²) in [6.07, 6.45) is 1.64. The molecular formula is C18H21N3O5S2. The number of hydrogen-bond acceptors (Lipinski definition) is 6. The summed E-state index contributed by atoms with van der Waals surface area (Å²) in [5.74, 6) is -0.159. The summed E-state index contributed by atoms with van der Waals surface area (Å²) < 4.78 is 47.8. The summed E-state index contributed by atoms with van der Waals surface area (Å²) in [5, 5.41) is 7.96. The quantitative estimate of drug-likeness (QED) is 0.762. The number of anilines is 2. The molecule has 3 N–H and O–H groups in total. The first kappa shape index (κ1) is 20.3. The number of sulfone groups is 1. The fraction of sp³-hybridized carbons (Fsp3) is 0.278. The van der Waals surface area contributed by atoms with Crippen molar-refractivity contribution >= 4 is 37.1 Å². The molecule has 28 heavy (non-hydrogen) atoms. The molecule has 2 aromatic carbocycles. The fourth-order valence-electron chi connectivity index (χ4n) is 3.35. The molecule has 10 heteroatoms. The van der Waals surface area contributed by atoms with E-state index in [-0.39, 0.29) is 15.7 Å². The zero-order valence-electron chi connectivity index (χ0n) is 15.5. The van der Waals surface area contributed by atoms with E-state index in [0.29, 0.717) is 25.2 Å². The van der Waals surface area contributed by atoms with Gasteiger partial charge in [-0.15, -0.1) is 0 Å². The maximum atomic E-state index is 12.3. The number of carbonyl (C=O) groups is 1. The molecule has 0 bridgehead atoms. The van der Waals surface area contributed by atoms with Gasteiger partial charge in [-0.05, 0) is 41.8 Å². The van der Waals surface area contributed by atoms with Crippen LogP contribution >= 0.6 is 0 Å².